The van der Waals surface area contributed by atoms with Gasteiger partial charge in [-0.25, -0.2) is 4.52 Å². The van der Waals surface area contributed by atoms with E-state index in [0.29, 0.717) is 5.95 Å². The largest absolute Gasteiger partial charge is 0.394 e. The first-order valence-corrected chi connectivity index (χ1v) is 6.52. The Bertz CT molecular complexity index is 708. The SMILES string of the molecule is Cc1cccn2nc(NC(CO)c3ccccc3)nc12. The summed E-state index contributed by atoms with van der Waals surface area (Å²) in [5.74, 6) is 0.516. The molecular weight excluding hydrogens is 252 g/mol. The summed E-state index contributed by atoms with van der Waals surface area (Å²) in [6.45, 7) is 1.98. The van der Waals surface area contributed by atoms with Crippen LogP contribution in [-0.2, 0) is 0 Å². The number of nitrogens with zero attached hydrogens (tertiary/aromatic N) is 3. The first-order chi connectivity index (χ1) is 9.78. The van der Waals surface area contributed by atoms with Crippen molar-refractivity contribution in [1.82, 2.24) is 14.6 Å². The van der Waals surface area contributed by atoms with Gasteiger partial charge in [-0.3, -0.25) is 0 Å². The van der Waals surface area contributed by atoms with Crippen LogP contribution in [0.25, 0.3) is 5.65 Å². The Balaban J connectivity index is 1.90. The number of aromatic nitrogens is 3. The molecule has 2 N–H and O–H groups in total. The Hall–Kier alpha value is -2.40. The minimum atomic E-state index is -0.214. The average Bonchev–Trinajstić information content (AvgIpc) is 2.90. The summed E-state index contributed by atoms with van der Waals surface area (Å²) in [5, 5.41) is 17.1. The number of anilines is 1. The molecule has 0 saturated heterocycles. The van der Waals surface area contributed by atoms with Crippen molar-refractivity contribution in [1.29, 1.82) is 0 Å². The predicted molar refractivity (Wildman–Crippen MR) is 77.6 cm³/mol. The van der Waals surface area contributed by atoms with Gasteiger partial charge in [0.15, 0.2) is 5.65 Å². The van der Waals surface area contributed by atoms with Gasteiger partial charge in [0.05, 0.1) is 12.6 Å². The van der Waals surface area contributed by atoms with E-state index in [4.69, 9.17) is 0 Å². The lowest BCUT2D eigenvalue weighted by molar-refractivity contribution is 0.276. The molecule has 0 aliphatic heterocycles. The molecule has 2 heterocycles. The van der Waals surface area contributed by atoms with E-state index in [9.17, 15) is 5.11 Å². The van der Waals surface area contributed by atoms with Gasteiger partial charge in [0, 0.05) is 6.20 Å². The number of aliphatic hydroxyl groups is 1. The van der Waals surface area contributed by atoms with E-state index in [2.05, 4.69) is 15.4 Å². The molecule has 0 amide bonds. The first kappa shape index (κ1) is 12.6. The van der Waals surface area contributed by atoms with Gasteiger partial charge in [-0.05, 0) is 24.1 Å². The number of hydrogen-bond acceptors (Lipinski definition) is 4. The molecule has 3 rings (SSSR count). The zero-order chi connectivity index (χ0) is 13.9. The number of fused-ring (bicyclic) bond motifs is 1. The van der Waals surface area contributed by atoms with Crippen molar-refractivity contribution in [2.45, 2.75) is 13.0 Å². The molecule has 0 aliphatic rings. The van der Waals surface area contributed by atoms with E-state index in [1.165, 1.54) is 0 Å². The average molecular weight is 268 g/mol. The van der Waals surface area contributed by atoms with Crippen LogP contribution in [0, 0.1) is 6.92 Å². The van der Waals surface area contributed by atoms with Gasteiger partial charge in [0.25, 0.3) is 0 Å². The van der Waals surface area contributed by atoms with Gasteiger partial charge in [-0.2, -0.15) is 4.98 Å². The molecule has 0 aliphatic carbocycles. The maximum atomic E-state index is 9.55. The lowest BCUT2D eigenvalue weighted by atomic mass is 10.1. The highest BCUT2D eigenvalue weighted by molar-refractivity contribution is 5.50. The lowest BCUT2D eigenvalue weighted by Gasteiger charge is -2.14. The maximum Gasteiger partial charge on any atom is 0.243 e. The van der Waals surface area contributed by atoms with Crippen molar-refractivity contribution in [2.75, 3.05) is 11.9 Å². The van der Waals surface area contributed by atoms with Crippen LogP contribution in [0.3, 0.4) is 0 Å². The van der Waals surface area contributed by atoms with Crippen LogP contribution in [0.15, 0.2) is 48.7 Å². The molecule has 3 aromatic rings. The summed E-state index contributed by atoms with van der Waals surface area (Å²) >= 11 is 0. The van der Waals surface area contributed by atoms with E-state index in [0.717, 1.165) is 16.8 Å². The topological polar surface area (TPSA) is 62.5 Å². The summed E-state index contributed by atoms with van der Waals surface area (Å²) in [4.78, 5) is 4.46. The third-order valence-corrected chi connectivity index (χ3v) is 3.25. The van der Waals surface area contributed by atoms with Gasteiger partial charge in [-0.1, -0.05) is 36.4 Å². The fraction of sp³-hybridized carbons (Fsp3) is 0.200. The van der Waals surface area contributed by atoms with Crippen LogP contribution < -0.4 is 5.32 Å². The van der Waals surface area contributed by atoms with Crippen LogP contribution >= 0.6 is 0 Å². The Labute approximate surface area is 116 Å². The lowest BCUT2D eigenvalue weighted by Crippen LogP contribution is -2.15. The van der Waals surface area contributed by atoms with Crippen molar-refractivity contribution in [3.05, 3.63) is 59.8 Å². The minimum Gasteiger partial charge on any atom is -0.394 e. The van der Waals surface area contributed by atoms with Gasteiger partial charge < -0.3 is 10.4 Å². The maximum absolute atomic E-state index is 9.55. The third-order valence-electron chi connectivity index (χ3n) is 3.25. The number of pyridine rings is 1. The summed E-state index contributed by atoms with van der Waals surface area (Å²) < 4.78 is 1.73. The Morgan fingerprint density at radius 1 is 1.20 bits per heavy atom. The molecule has 5 heteroatoms. The molecule has 0 radical (unpaired) electrons. The van der Waals surface area contributed by atoms with Gasteiger partial charge in [0.1, 0.15) is 0 Å². The third kappa shape index (κ3) is 2.35. The normalized spacial score (nSPS) is 12.5. The zero-order valence-electron chi connectivity index (χ0n) is 11.2. The number of aliphatic hydroxyl groups excluding tert-OH is 1. The van der Waals surface area contributed by atoms with E-state index in [-0.39, 0.29) is 12.6 Å². The number of aryl methyl sites for hydroxylation is 1. The fourth-order valence-electron chi connectivity index (χ4n) is 2.18. The molecule has 102 valence electrons. The molecule has 1 atom stereocenters. The molecule has 5 nitrogen and oxygen atoms in total. The second-order valence-corrected chi connectivity index (χ2v) is 4.68. The van der Waals surface area contributed by atoms with Gasteiger partial charge in [0.2, 0.25) is 5.95 Å². The highest BCUT2D eigenvalue weighted by Gasteiger charge is 2.13. The smallest absolute Gasteiger partial charge is 0.243 e. The van der Waals surface area contributed by atoms with Crippen molar-refractivity contribution in [3.63, 3.8) is 0 Å². The van der Waals surface area contributed by atoms with Crippen LogP contribution in [0.4, 0.5) is 5.95 Å². The Kier molecular flexibility index (Phi) is 3.35. The molecular formula is C15H16N4O. The molecule has 0 fully saturated rings. The number of rotatable bonds is 4. The molecule has 0 saturated carbocycles. The zero-order valence-corrected chi connectivity index (χ0v) is 11.2. The van der Waals surface area contributed by atoms with Crippen LogP contribution in [-0.4, -0.2) is 26.3 Å². The van der Waals surface area contributed by atoms with Crippen molar-refractivity contribution in [3.8, 4) is 0 Å². The Morgan fingerprint density at radius 2 is 2.00 bits per heavy atom. The van der Waals surface area contributed by atoms with Crippen molar-refractivity contribution >= 4 is 11.6 Å². The van der Waals surface area contributed by atoms with Gasteiger partial charge in [-0.15, -0.1) is 5.10 Å². The van der Waals surface area contributed by atoms with E-state index in [1.807, 2.05) is 55.6 Å². The second-order valence-electron chi connectivity index (χ2n) is 4.68. The Morgan fingerprint density at radius 3 is 2.70 bits per heavy atom. The van der Waals surface area contributed by atoms with E-state index in [1.54, 1.807) is 4.52 Å². The monoisotopic (exact) mass is 268 g/mol. The van der Waals surface area contributed by atoms with Crippen LogP contribution in [0.2, 0.25) is 0 Å². The number of benzene rings is 1. The number of hydrogen-bond donors (Lipinski definition) is 2. The van der Waals surface area contributed by atoms with E-state index >= 15 is 0 Å². The molecule has 0 bridgehead atoms. The minimum absolute atomic E-state index is 0.0153. The quantitative estimate of drug-likeness (QED) is 0.761. The predicted octanol–water partition coefficient (Wildman–Crippen LogP) is 2.18. The second kappa shape index (κ2) is 5.30. The molecule has 1 aromatic carbocycles. The fourth-order valence-corrected chi connectivity index (χ4v) is 2.18. The first-order valence-electron chi connectivity index (χ1n) is 6.52. The summed E-state index contributed by atoms with van der Waals surface area (Å²) in [6.07, 6.45) is 1.86. The standard InChI is InChI=1S/C15H16N4O/c1-11-6-5-9-19-14(11)17-15(18-19)16-13(10-20)12-7-3-2-4-8-12/h2-9,13,20H,10H2,1H3,(H,16,18). The van der Waals surface area contributed by atoms with Crippen LogP contribution in [0.1, 0.15) is 17.2 Å². The van der Waals surface area contributed by atoms with Crippen molar-refractivity contribution in [2.24, 2.45) is 0 Å². The van der Waals surface area contributed by atoms with Crippen LogP contribution in [0.5, 0.6) is 0 Å². The summed E-state index contributed by atoms with van der Waals surface area (Å²) in [5.41, 5.74) is 2.89. The summed E-state index contributed by atoms with van der Waals surface area (Å²) in [6, 6.07) is 13.5. The number of nitrogens with one attached hydrogen (secondary N) is 1. The molecule has 20 heavy (non-hydrogen) atoms. The van der Waals surface area contributed by atoms with Crippen molar-refractivity contribution < 1.29 is 5.11 Å². The molecule has 0 spiro atoms. The highest BCUT2D eigenvalue weighted by atomic mass is 16.3. The highest BCUT2D eigenvalue weighted by Crippen LogP contribution is 2.18. The summed E-state index contributed by atoms with van der Waals surface area (Å²) in [7, 11) is 0. The molecule has 1 unspecified atom stereocenters. The van der Waals surface area contributed by atoms with E-state index < -0.39 is 0 Å². The molecule has 2 aromatic heterocycles. The van der Waals surface area contributed by atoms with Gasteiger partial charge >= 0.3 is 0 Å².